The van der Waals surface area contributed by atoms with Crippen LogP contribution in [-0.2, 0) is 0 Å². The van der Waals surface area contributed by atoms with Crippen LogP contribution in [0.5, 0.6) is 0 Å². The lowest BCUT2D eigenvalue weighted by molar-refractivity contribution is 0.628. The van der Waals surface area contributed by atoms with Gasteiger partial charge in [-0.25, -0.2) is 4.39 Å². The molecule has 0 unspecified atom stereocenters. The molecule has 1 aromatic heterocycles. The molecular weight excluding hydrogens is 427 g/mol. The Hall–Kier alpha value is -1.23. The van der Waals surface area contributed by atoms with Crippen LogP contribution >= 0.6 is 42.3 Å². The molecule has 0 nitrogen and oxygen atoms in total. The molecular formula is C18H10Br2FS+. The van der Waals surface area contributed by atoms with Crippen molar-refractivity contribution in [2.24, 2.45) is 0 Å². The summed E-state index contributed by atoms with van der Waals surface area (Å²) < 4.78 is 18.0. The Balaban J connectivity index is 2.17. The molecule has 108 valence electrons. The van der Waals surface area contributed by atoms with E-state index in [0.717, 1.165) is 13.8 Å². The van der Waals surface area contributed by atoms with Gasteiger partial charge in [0.1, 0.15) is 5.82 Å². The molecule has 22 heavy (non-hydrogen) atoms. The third-order valence-electron chi connectivity index (χ3n) is 3.66. The lowest BCUT2D eigenvalue weighted by atomic mass is 10.2. The Morgan fingerprint density at radius 2 is 1.18 bits per heavy atom. The number of hydrogen-bond acceptors (Lipinski definition) is 0. The van der Waals surface area contributed by atoms with Crippen LogP contribution in [0.3, 0.4) is 0 Å². The zero-order valence-electron chi connectivity index (χ0n) is 11.3. The lowest BCUT2D eigenvalue weighted by Crippen LogP contribution is -1.73. The Kier molecular flexibility index (Phi) is 3.56. The minimum atomic E-state index is -0.196. The van der Waals surface area contributed by atoms with Crippen molar-refractivity contribution in [2.75, 3.05) is 0 Å². The number of thiophene rings is 1. The van der Waals surface area contributed by atoms with Crippen LogP contribution in [-0.4, -0.2) is 0 Å². The summed E-state index contributed by atoms with van der Waals surface area (Å²) in [6, 6.07) is 19.7. The Morgan fingerprint density at radius 3 is 1.68 bits per heavy atom. The molecule has 0 bridgehead atoms. The fraction of sp³-hybridized carbons (Fsp3) is 0. The Labute approximate surface area is 146 Å². The highest BCUT2D eigenvalue weighted by Gasteiger charge is 2.23. The van der Waals surface area contributed by atoms with Crippen molar-refractivity contribution in [2.45, 2.75) is 0 Å². The van der Waals surface area contributed by atoms with Gasteiger partial charge < -0.3 is 0 Å². The fourth-order valence-corrected chi connectivity index (χ4v) is 5.79. The molecule has 0 atom stereocenters. The first kappa shape index (κ1) is 14.4. The maximum Gasteiger partial charge on any atom is 0.187 e. The third-order valence-corrected chi connectivity index (χ3v) is 6.98. The highest BCUT2D eigenvalue weighted by Crippen LogP contribution is 2.49. The first-order valence-electron chi connectivity index (χ1n) is 6.73. The van der Waals surface area contributed by atoms with Crippen LogP contribution in [0.1, 0.15) is 0 Å². The van der Waals surface area contributed by atoms with Crippen molar-refractivity contribution in [3.63, 3.8) is 0 Å². The van der Waals surface area contributed by atoms with Gasteiger partial charge in [0.05, 0.1) is 0 Å². The summed E-state index contributed by atoms with van der Waals surface area (Å²) in [4.78, 5) is 1.14. The van der Waals surface area contributed by atoms with Gasteiger partial charge in [-0.05, 0) is 36.4 Å². The van der Waals surface area contributed by atoms with E-state index in [0.29, 0.717) is 0 Å². The van der Waals surface area contributed by atoms with E-state index in [-0.39, 0.29) is 16.3 Å². The molecule has 0 amide bonds. The molecule has 0 aliphatic heterocycles. The molecule has 1 heterocycles. The number of fused-ring (bicyclic) bond motifs is 3. The van der Waals surface area contributed by atoms with Gasteiger partial charge in [-0.3, -0.25) is 0 Å². The van der Waals surface area contributed by atoms with E-state index >= 15 is 0 Å². The van der Waals surface area contributed by atoms with Crippen LogP contribution in [0.4, 0.5) is 4.39 Å². The average Bonchev–Trinajstić information content (AvgIpc) is 2.81. The van der Waals surface area contributed by atoms with Gasteiger partial charge in [0, 0.05) is 54.5 Å². The summed E-state index contributed by atoms with van der Waals surface area (Å²) in [6.07, 6.45) is 0. The van der Waals surface area contributed by atoms with Crippen molar-refractivity contribution < 1.29 is 4.39 Å². The van der Waals surface area contributed by atoms with Gasteiger partial charge in [0.25, 0.3) is 0 Å². The highest BCUT2D eigenvalue weighted by atomic mass is 79.9. The second kappa shape index (κ2) is 5.44. The maximum absolute atomic E-state index is 13.3. The van der Waals surface area contributed by atoms with E-state index in [1.165, 1.54) is 32.3 Å². The molecule has 4 heteroatoms. The minimum absolute atomic E-state index is 0.174. The quantitative estimate of drug-likeness (QED) is 0.273. The molecule has 3 aromatic carbocycles. The monoisotopic (exact) mass is 435 g/mol. The molecule has 0 radical (unpaired) electrons. The summed E-state index contributed by atoms with van der Waals surface area (Å²) in [7, 11) is -0.174. The standard InChI is InChI=1S/C18H10Br2FS/c19-11-1-7-17-15(9-11)16-10-12(20)2-8-18(16)22(17)14-5-3-13(21)4-6-14/h1-10H/q+1. The first-order chi connectivity index (χ1) is 10.6. The molecule has 0 saturated carbocycles. The van der Waals surface area contributed by atoms with Crippen molar-refractivity contribution in [3.8, 4) is 4.90 Å². The van der Waals surface area contributed by atoms with Crippen molar-refractivity contribution in [1.29, 1.82) is 0 Å². The van der Waals surface area contributed by atoms with Gasteiger partial charge >= 0.3 is 0 Å². The first-order valence-corrected chi connectivity index (χ1v) is 9.54. The van der Waals surface area contributed by atoms with E-state index in [4.69, 9.17) is 0 Å². The highest BCUT2D eigenvalue weighted by molar-refractivity contribution is 9.10. The summed E-state index contributed by atoms with van der Waals surface area (Å²) in [5.41, 5.74) is 0. The normalized spacial score (nSPS) is 11.4. The fourth-order valence-electron chi connectivity index (χ4n) is 2.72. The minimum Gasteiger partial charge on any atom is -0.207 e. The second-order valence-corrected chi connectivity index (χ2v) is 8.84. The van der Waals surface area contributed by atoms with Crippen LogP contribution in [0.15, 0.2) is 69.6 Å². The number of hydrogen-bond donors (Lipinski definition) is 0. The SMILES string of the molecule is Fc1ccc(-[s+]2c3ccc(Br)cc3c3cc(Br)ccc32)cc1. The predicted octanol–water partition coefficient (Wildman–Crippen LogP) is 7.40. The molecule has 0 aliphatic carbocycles. The summed E-state index contributed by atoms with van der Waals surface area (Å²) in [5, 5.41) is 2.50. The maximum atomic E-state index is 13.3. The zero-order valence-corrected chi connectivity index (χ0v) is 15.3. The predicted molar refractivity (Wildman–Crippen MR) is 101 cm³/mol. The smallest absolute Gasteiger partial charge is 0.187 e. The number of benzene rings is 3. The van der Waals surface area contributed by atoms with E-state index < -0.39 is 0 Å². The van der Waals surface area contributed by atoms with Gasteiger partial charge in [-0.1, -0.05) is 31.9 Å². The topological polar surface area (TPSA) is 0 Å². The second-order valence-electron chi connectivity index (χ2n) is 5.04. The van der Waals surface area contributed by atoms with Crippen LogP contribution in [0, 0.1) is 5.82 Å². The van der Waals surface area contributed by atoms with Crippen molar-refractivity contribution >= 4 is 62.5 Å². The molecule has 4 rings (SSSR count). The molecule has 0 fully saturated rings. The average molecular weight is 437 g/mol. The molecule has 4 aromatic rings. The molecule has 0 aliphatic rings. The van der Waals surface area contributed by atoms with Crippen LogP contribution < -0.4 is 0 Å². The van der Waals surface area contributed by atoms with Gasteiger partial charge in [-0.15, -0.1) is 0 Å². The van der Waals surface area contributed by atoms with Crippen LogP contribution in [0.2, 0.25) is 0 Å². The van der Waals surface area contributed by atoms with E-state index in [1.54, 1.807) is 0 Å². The molecule has 0 saturated heterocycles. The number of halogens is 3. The lowest BCUT2D eigenvalue weighted by Gasteiger charge is -1.94. The largest absolute Gasteiger partial charge is 0.207 e. The number of rotatable bonds is 1. The summed E-state index contributed by atoms with van der Waals surface area (Å²) in [5.74, 6) is -0.196. The van der Waals surface area contributed by atoms with Crippen molar-refractivity contribution in [1.82, 2.24) is 0 Å². The Bertz CT molecular complexity index is 944. The summed E-state index contributed by atoms with van der Waals surface area (Å²) >= 11 is 7.13. The van der Waals surface area contributed by atoms with Crippen LogP contribution in [0.25, 0.3) is 25.1 Å². The van der Waals surface area contributed by atoms with Crippen molar-refractivity contribution in [3.05, 3.63) is 75.4 Å². The Morgan fingerprint density at radius 1 is 0.682 bits per heavy atom. The zero-order chi connectivity index (χ0) is 15.3. The summed E-state index contributed by atoms with van der Waals surface area (Å²) in [6.45, 7) is 0. The molecule has 0 spiro atoms. The third kappa shape index (κ3) is 2.30. The van der Waals surface area contributed by atoms with E-state index in [1.807, 2.05) is 12.1 Å². The van der Waals surface area contributed by atoms with E-state index in [9.17, 15) is 4.39 Å². The van der Waals surface area contributed by atoms with Gasteiger partial charge in [0.15, 0.2) is 14.3 Å². The van der Waals surface area contributed by atoms with Gasteiger partial charge in [0.2, 0.25) is 0 Å². The van der Waals surface area contributed by atoms with E-state index in [2.05, 4.69) is 68.3 Å². The molecule has 0 N–H and O–H groups in total. The van der Waals surface area contributed by atoms with Gasteiger partial charge in [-0.2, -0.15) is 0 Å².